The van der Waals surface area contributed by atoms with E-state index in [2.05, 4.69) is 15.2 Å². The van der Waals surface area contributed by atoms with Crippen LogP contribution in [0.15, 0.2) is 41.8 Å². The largest absolute Gasteiger partial charge is 0.487 e. The highest BCUT2D eigenvalue weighted by Crippen LogP contribution is 2.34. The third-order valence-corrected chi connectivity index (χ3v) is 6.22. The van der Waals surface area contributed by atoms with E-state index in [1.807, 2.05) is 0 Å². The summed E-state index contributed by atoms with van der Waals surface area (Å²) in [6, 6.07) is 3.55. The van der Waals surface area contributed by atoms with E-state index in [0.29, 0.717) is 42.3 Å². The van der Waals surface area contributed by atoms with Gasteiger partial charge in [0.05, 0.1) is 43.8 Å². The normalized spacial score (nSPS) is 17.1. The molecule has 0 spiro atoms. The number of hydrogen-bond donors (Lipinski definition) is 0. The maximum atomic E-state index is 14.6. The van der Waals surface area contributed by atoms with E-state index in [1.165, 1.54) is 40.5 Å². The predicted octanol–water partition coefficient (Wildman–Crippen LogP) is 3.54. The SMILES string of the molecule is COCCOc1cnn(C)c1-c1cc(OC2CN(C(=O)N3N=CCC3c3cc(F)cc(F)c3)C2)c(F)cn1. The van der Waals surface area contributed by atoms with E-state index in [1.54, 1.807) is 18.8 Å². The van der Waals surface area contributed by atoms with Gasteiger partial charge in [0.25, 0.3) is 0 Å². The fraction of sp³-hybridized carbons (Fsp3) is 0.360. The zero-order valence-electron chi connectivity index (χ0n) is 20.7. The monoisotopic (exact) mass is 530 g/mol. The van der Waals surface area contributed by atoms with Crippen LogP contribution in [-0.2, 0) is 11.8 Å². The summed E-state index contributed by atoms with van der Waals surface area (Å²) in [6.45, 7) is 1.06. The van der Waals surface area contributed by atoms with Crippen LogP contribution in [0, 0.1) is 17.5 Å². The van der Waals surface area contributed by atoms with Gasteiger partial charge in [0.15, 0.2) is 17.3 Å². The number of pyridine rings is 1. The van der Waals surface area contributed by atoms with Gasteiger partial charge in [-0.1, -0.05) is 0 Å². The van der Waals surface area contributed by atoms with Gasteiger partial charge in [-0.25, -0.2) is 23.0 Å². The Hall–Kier alpha value is -4.13. The van der Waals surface area contributed by atoms with Crippen molar-refractivity contribution in [2.45, 2.75) is 18.6 Å². The van der Waals surface area contributed by atoms with Crippen molar-refractivity contribution in [1.29, 1.82) is 0 Å². The Morgan fingerprint density at radius 1 is 1.05 bits per heavy atom. The number of likely N-dealkylation sites (tertiary alicyclic amines) is 1. The van der Waals surface area contributed by atoms with Crippen molar-refractivity contribution in [3.05, 3.63) is 59.7 Å². The lowest BCUT2D eigenvalue weighted by atomic mass is 10.0. The third kappa shape index (κ3) is 5.14. The van der Waals surface area contributed by atoms with E-state index < -0.39 is 35.6 Å². The third-order valence-electron chi connectivity index (χ3n) is 6.22. The fourth-order valence-electron chi connectivity index (χ4n) is 4.33. The Kier molecular flexibility index (Phi) is 7.18. The number of carbonyl (C=O) groups excluding carboxylic acids is 1. The summed E-state index contributed by atoms with van der Waals surface area (Å²) in [7, 11) is 3.28. The number of benzene rings is 1. The highest BCUT2D eigenvalue weighted by Gasteiger charge is 2.39. The Labute approximate surface area is 216 Å². The molecule has 0 saturated carbocycles. The lowest BCUT2D eigenvalue weighted by Gasteiger charge is -2.41. The number of methoxy groups -OCH3 is 1. The van der Waals surface area contributed by atoms with Crippen LogP contribution in [0.25, 0.3) is 11.4 Å². The van der Waals surface area contributed by atoms with Crippen LogP contribution < -0.4 is 9.47 Å². The minimum Gasteiger partial charge on any atom is -0.487 e. The van der Waals surface area contributed by atoms with Crippen molar-refractivity contribution in [3.8, 4) is 22.9 Å². The van der Waals surface area contributed by atoms with Crippen LogP contribution in [0.3, 0.4) is 0 Å². The maximum absolute atomic E-state index is 14.6. The lowest BCUT2D eigenvalue weighted by molar-refractivity contribution is 0.0256. The van der Waals surface area contributed by atoms with E-state index in [0.717, 1.165) is 12.3 Å². The molecule has 0 aliphatic carbocycles. The summed E-state index contributed by atoms with van der Waals surface area (Å²) in [5, 5.41) is 9.49. The second-order valence-corrected chi connectivity index (χ2v) is 8.85. The molecule has 2 aromatic heterocycles. The van der Waals surface area contributed by atoms with Crippen LogP contribution in [0.4, 0.5) is 18.0 Å². The van der Waals surface area contributed by atoms with Crippen molar-refractivity contribution >= 4 is 12.2 Å². The zero-order chi connectivity index (χ0) is 26.8. The van der Waals surface area contributed by atoms with E-state index in [-0.39, 0.29) is 18.8 Å². The molecule has 0 N–H and O–H groups in total. The molecular formula is C25H25F3N6O4. The average Bonchev–Trinajstić information content (AvgIpc) is 3.49. The van der Waals surface area contributed by atoms with Crippen molar-refractivity contribution in [1.82, 2.24) is 24.7 Å². The number of aryl methyl sites for hydroxylation is 1. The molecule has 1 fully saturated rings. The number of rotatable bonds is 8. The number of carbonyl (C=O) groups is 1. The molecule has 10 nitrogen and oxygen atoms in total. The Morgan fingerprint density at radius 3 is 2.55 bits per heavy atom. The molecule has 3 aromatic rings. The summed E-state index contributed by atoms with van der Waals surface area (Å²) in [5.41, 5.74) is 1.26. The quantitative estimate of drug-likeness (QED) is 0.414. The highest BCUT2D eigenvalue weighted by atomic mass is 19.1. The molecule has 5 rings (SSSR count). The van der Waals surface area contributed by atoms with Gasteiger partial charge in [-0.15, -0.1) is 0 Å². The topological polar surface area (TPSA) is 94.3 Å². The fourth-order valence-corrected chi connectivity index (χ4v) is 4.33. The lowest BCUT2D eigenvalue weighted by Crippen LogP contribution is -2.58. The second kappa shape index (κ2) is 10.7. The van der Waals surface area contributed by atoms with Crippen LogP contribution in [0.1, 0.15) is 18.0 Å². The molecule has 1 atom stereocenters. The first-order valence-electron chi connectivity index (χ1n) is 11.9. The first-order valence-corrected chi connectivity index (χ1v) is 11.9. The first kappa shape index (κ1) is 25.5. The second-order valence-electron chi connectivity index (χ2n) is 8.85. The minimum absolute atomic E-state index is 0.0246. The smallest absolute Gasteiger partial charge is 0.341 e. The van der Waals surface area contributed by atoms with Crippen LogP contribution in [-0.4, -0.2) is 76.4 Å². The standard InChI is InChI=1S/C25H25F3N6O4/c1-32-24(23(12-31-32)37-6-5-36-2)20-10-22(19(28)11-29-20)38-18-13-33(14-18)25(35)34-21(3-4-30-34)15-7-16(26)9-17(27)8-15/h4,7-12,18,21H,3,5-6,13-14H2,1-2H3. The van der Waals surface area contributed by atoms with Gasteiger partial charge in [0.2, 0.25) is 0 Å². The average molecular weight is 531 g/mol. The van der Waals surface area contributed by atoms with Gasteiger partial charge in [-0.05, 0) is 17.7 Å². The Morgan fingerprint density at radius 2 is 1.82 bits per heavy atom. The number of hydrazone groups is 1. The maximum Gasteiger partial charge on any atom is 0.341 e. The van der Waals surface area contributed by atoms with Gasteiger partial charge in [0, 0.05) is 38.9 Å². The molecule has 1 aromatic carbocycles. The minimum atomic E-state index is -0.727. The number of aromatic nitrogens is 3. The highest BCUT2D eigenvalue weighted by molar-refractivity contribution is 5.79. The number of urea groups is 1. The Balaban J connectivity index is 1.24. The molecule has 1 saturated heterocycles. The van der Waals surface area contributed by atoms with Gasteiger partial charge in [0.1, 0.15) is 30.0 Å². The van der Waals surface area contributed by atoms with Crippen molar-refractivity contribution < 1.29 is 32.2 Å². The molecule has 38 heavy (non-hydrogen) atoms. The summed E-state index contributed by atoms with van der Waals surface area (Å²) in [5.74, 6) is -1.66. The molecule has 200 valence electrons. The summed E-state index contributed by atoms with van der Waals surface area (Å²) in [4.78, 5) is 18.6. The molecule has 13 heteroatoms. The van der Waals surface area contributed by atoms with Gasteiger partial charge in [-0.2, -0.15) is 10.2 Å². The van der Waals surface area contributed by atoms with Gasteiger partial charge < -0.3 is 19.1 Å². The number of ether oxygens (including phenoxy) is 3. The van der Waals surface area contributed by atoms with E-state index in [4.69, 9.17) is 14.2 Å². The summed E-state index contributed by atoms with van der Waals surface area (Å²) >= 11 is 0. The molecule has 2 aliphatic heterocycles. The first-order chi connectivity index (χ1) is 18.3. The molecular weight excluding hydrogens is 505 g/mol. The number of amides is 2. The zero-order valence-corrected chi connectivity index (χ0v) is 20.7. The Bertz CT molecular complexity index is 1340. The van der Waals surface area contributed by atoms with Crippen molar-refractivity contribution in [3.63, 3.8) is 0 Å². The molecule has 1 unspecified atom stereocenters. The number of hydrogen-bond acceptors (Lipinski definition) is 7. The molecule has 0 bridgehead atoms. The van der Waals surface area contributed by atoms with Crippen LogP contribution in [0.5, 0.6) is 11.5 Å². The van der Waals surface area contributed by atoms with Gasteiger partial charge >= 0.3 is 6.03 Å². The molecule has 0 radical (unpaired) electrons. The van der Waals surface area contributed by atoms with Crippen molar-refractivity contribution in [2.75, 3.05) is 33.4 Å². The van der Waals surface area contributed by atoms with Gasteiger partial charge in [-0.3, -0.25) is 9.67 Å². The van der Waals surface area contributed by atoms with E-state index >= 15 is 0 Å². The molecule has 2 aliphatic rings. The van der Waals surface area contributed by atoms with E-state index in [9.17, 15) is 18.0 Å². The molecule has 2 amide bonds. The van der Waals surface area contributed by atoms with Crippen LogP contribution >= 0.6 is 0 Å². The van der Waals surface area contributed by atoms with Crippen molar-refractivity contribution in [2.24, 2.45) is 12.1 Å². The molecule has 4 heterocycles. The summed E-state index contributed by atoms with van der Waals surface area (Å²) < 4.78 is 60.1. The van der Waals surface area contributed by atoms with Crippen LogP contribution in [0.2, 0.25) is 0 Å². The predicted molar refractivity (Wildman–Crippen MR) is 129 cm³/mol. The number of nitrogens with zero attached hydrogens (tertiary/aromatic N) is 6. The number of halogens is 3. The summed E-state index contributed by atoms with van der Waals surface area (Å²) in [6.07, 6.45) is 3.99.